The number of nitrogens with zero attached hydrogens (tertiary/aromatic N) is 5. The van der Waals surface area contributed by atoms with E-state index in [0.717, 1.165) is 9.25 Å². The minimum Gasteiger partial charge on any atom is -0.476 e. The highest BCUT2D eigenvalue weighted by Gasteiger charge is 2.17. The predicted molar refractivity (Wildman–Crippen MR) is 113 cm³/mol. The second kappa shape index (κ2) is 8.78. The number of hydrogen-bond acceptors (Lipinski definition) is 7. The molecule has 0 aliphatic heterocycles. The van der Waals surface area contributed by atoms with Gasteiger partial charge in [0.15, 0.2) is 11.6 Å². The number of nitrogens with one attached hydrogen (secondary N) is 1. The van der Waals surface area contributed by atoms with Crippen LogP contribution in [0.1, 0.15) is 12.5 Å². The molecule has 0 radical (unpaired) electrons. The van der Waals surface area contributed by atoms with E-state index in [2.05, 4.69) is 15.4 Å². The highest BCUT2D eigenvalue weighted by atomic mass is 19.1. The van der Waals surface area contributed by atoms with E-state index in [1.807, 2.05) is 0 Å². The van der Waals surface area contributed by atoms with E-state index in [0.29, 0.717) is 16.9 Å². The molecular formula is C20H21FN6O4. The van der Waals surface area contributed by atoms with Crippen molar-refractivity contribution in [2.45, 2.75) is 13.5 Å². The van der Waals surface area contributed by atoms with Gasteiger partial charge >= 0.3 is 11.2 Å². The third kappa shape index (κ3) is 4.60. The van der Waals surface area contributed by atoms with Gasteiger partial charge in [0.05, 0.1) is 19.3 Å². The molecule has 2 aromatic heterocycles. The van der Waals surface area contributed by atoms with Crippen molar-refractivity contribution in [2.75, 3.05) is 31.4 Å². The average molecular weight is 428 g/mol. The molecule has 0 aliphatic rings. The summed E-state index contributed by atoms with van der Waals surface area (Å²) < 4.78 is 21.2. The molecule has 11 heteroatoms. The summed E-state index contributed by atoms with van der Waals surface area (Å²) in [4.78, 5) is 42.6. The number of amides is 1. The Labute approximate surface area is 176 Å². The lowest BCUT2D eigenvalue weighted by Gasteiger charge is -2.14. The van der Waals surface area contributed by atoms with Gasteiger partial charge in [-0.2, -0.15) is 4.68 Å². The van der Waals surface area contributed by atoms with Crippen LogP contribution in [-0.2, 0) is 11.3 Å². The third-order valence-corrected chi connectivity index (χ3v) is 4.28. The lowest BCUT2D eigenvalue weighted by Crippen LogP contribution is -2.41. The minimum atomic E-state index is -0.765. The maximum absolute atomic E-state index is 14.3. The summed E-state index contributed by atoms with van der Waals surface area (Å²) in [5.74, 6) is -1.05. The Morgan fingerprint density at radius 1 is 1.26 bits per heavy atom. The number of ether oxygens (including phenoxy) is 1. The molecule has 0 aliphatic carbocycles. The van der Waals surface area contributed by atoms with Gasteiger partial charge in [-0.25, -0.2) is 18.7 Å². The molecule has 1 N–H and O–H groups in total. The zero-order chi connectivity index (χ0) is 22.7. The summed E-state index contributed by atoms with van der Waals surface area (Å²) in [5.41, 5.74) is -0.465. The van der Waals surface area contributed by atoms with Gasteiger partial charge in [-0.05, 0) is 29.8 Å². The second-order valence-electron chi connectivity index (χ2n) is 6.87. The van der Waals surface area contributed by atoms with Crippen LogP contribution in [0, 0.1) is 5.82 Å². The molecule has 0 saturated heterocycles. The number of halogens is 1. The Morgan fingerprint density at radius 3 is 2.61 bits per heavy atom. The molecule has 1 amide bonds. The third-order valence-electron chi connectivity index (χ3n) is 4.28. The molecule has 0 fully saturated rings. The Balaban J connectivity index is 2.10. The van der Waals surface area contributed by atoms with Gasteiger partial charge in [0.25, 0.3) is 5.88 Å². The average Bonchev–Trinajstić information content (AvgIpc) is 2.71. The molecule has 31 heavy (non-hydrogen) atoms. The van der Waals surface area contributed by atoms with E-state index in [-0.39, 0.29) is 24.1 Å². The summed E-state index contributed by atoms with van der Waals surface area (Å²) >= 11 is 0. The number of methoxy groups -OCH3 is 1. The Morgan fingerprint density at radius 2 is 2.00 bits per heavy atom. The highest BCUT2D eigenvalue weighted by molar-refractivity contribution is 5.88. The van der Waals surface area contributed by atoms with Crippen LogP contribution in [0.3, 0.4) is 0 Å². The van der Waals surface area contributed by atoms with E-state index < -0.39 is 17.1 Å². The maximum atomic E-state index is 14.3. The quantitative estimate of drug-likeness (QED) is 0.624. The first-order valence-electron chi connectivity index (χ1n) is 9.19. The van der Waals surface area contributed by atoms with E-state index >= 15 is 0 Å². The molecular weight excluding hydrogens is 407 g/mol. The Kier molecular flexibility index (Phi) is 6.14. The fourth-order valence-corrected chi connectivity index (χ4v) is 2.92. The van der Waals surface area contributed by atoms with Gasteiger partial charge in [-0.1, -0.05) is 6.07 Å². The summed E-state index contributed by atoms with van der Waals surface area (Å²) in [5, 5.41) is 6.59. The molecule has 3 rings (SSSR count). The maximum Gasteiger partial charge on any atom is 0.352 e. The van der Waals surface area contributed by atoms with Gasteiger partial charge in [0, 0.05) is 32.9 Å². The number of aromatic nitrogens is 4. The molecule has 3 aromatic rings. The fraction of sp³-hybridized carbons (Fsp3) is 0.250. The van der Waals surface area contributed by atoms with E-state index in [9.17, 15) is 18.8 Å². The SMILES string of the molecule is COc1nn(-c2cccc(NC(C)=O)c2)c(=O)n(Cc2cnc(N(C)C)c(F)c2)c1=O. The molecule has 162 valence electrons. The number of pyridine rings is 1. The van der Waals surface area contributed by atoms with E-state index in [4.69, 9.17) is 4.74 Å². The molecule has 10 nitrogen and oxygen atoms in total. The van der Waals surface area contributed by atoms with Crippen molar-refractivity contribution in [3.05, 3.63) is 68.7 Å². The van der Waals surface area contributed by atoms with Crippen LogP contribution in [0.2, 0.25) is 0 Å². The van der Waals surface area contributed by atoms with Gasteiger partial charge in [0.1, 0.15) is 0 Å². The number of anilines is 2. The van der Waals surface area contributed by atoms with Crippen LogP contribution in [0.25, 0.3) is 5.69 Å². The fourth-order valence-electron chi connectivity index (χ4n) is 2.92. The predicted octanol–water partition coefficient (Wildman–Crippen LogP) is 1.01. The first-order valence-corrected chi connectivity index (χ1v) is 9.19. The second-order valence-corrected chi connectivity index (χ2v) is 6.87. The van der Waals surface area contributed by atoms with Crippen molar-refractivity contribution in [3.8, 4) is 11.6 Å². The molecule has 0 saturated carbocycles. The summed E-state index contributed by atoms with van der Waals surface area (Å²) in [6.07, 6.45) is 1.39. The number of hydrogen-bond donors (Lipinski definition) is 1. The topological polar surface area (TPSA) is 111 Å². The molecule has 1 aromatic carbocycles. The van der Waals surface area contributed by atoms with Gasteiger partial charge in [-0.3, -0.25) is 9.59 Å². The van der Waals surface area contributed by atoms with Gasteiger partial charge in [0.2, 0.25) is 5.91 Å². The highest BCUT2D eigenvalue weighted by Crippen LogP contribution is 2.16. The molecule has 0 atom stereocenters. The van der Waals surface area contributed by atoms with Crippen molar-refractivity contribution in [1.29, 1.82) is 0 Å². The van der Waals surface area contributed by atoms with Crippen molar-refractivity contribution in [1.82, 2.24) is 19.3 Å². The largest absolute Gasteiger partial charge is 0.476 e. The number of carbonyl (C=O) groups is 1. The lowest BCUT2D eigenvalue weighted by molar-refractivity contribution is -0.114. The van der Waals surface area contributed by atoms with Crippen LogP contribution in [0.4, 0.5) is 15.9 Å². The standard InChI is InChI=1S/C20H21FN6O4/c1-12(28)23-14-6-5-7-15(9-14)27-20(30)26(19(29)18(24-27)31-4)11-13-8-16(21)17(22-10-13)25(2)3/h5-10H,11H2,1-4H3,(H,23,28). The van der Waals surface area contributed by atoms with Gasteiger partial charge < -0.3 is 15.0 Å². The zero-order valence-corrected chi connectivity index (χ0v) is 17.4. The number of carbonyl (C=O) groups excluding carboxylic acids is 1. The lowest BCUT2D eigenvalue weighted by atomic mass is 10.2. The van der Waals surface area contributed by atoms with Gasteiger partial charge in [-0.15, -0.1) is 5.10 Å². The van der Waals surface area contributed by atoms with Crippen molar-refractivity contribution in [2.24, 2.45) is 0 Å². The minimum absolute atomic E-state index is 0.135. The summed E-state index contributed by atoms with van der Waals surface area (Å²) in [6.45, 7) is 1.12. The number of benzene rings is 1. The number of rotatable bonds is 6. The first kappa shape index (κ1) is 21.7. The Hall–Kier alpha value is -4.02. The van der Waals surface area contributed by atoms with E-state index in [1.165, 1.54) is 37.3 Å². The molecule has 2 heterocycles. The normalized spacial score (nSPS) is 10.6. The zero-order valence-electron chi connectivity index (χ0n) is 17.4. The van der Waals surface area contributed by atoms with Crippen LogP contribution in [0.15, 0.2) is 46.1 Å². The van der Waals surface area contributed by atoms with Crippen LogP contribution < -0.4 is 26.2 Å². The summed E-state index contributed by atoms with van der Waals surface area (Å²) in [6, 6.07) is 7.58. The van der Waals surface area contributed by atoms with Crippen LogP contribution in [-0.4, -0.2) is 46.4 Å². The summed E-state index contributed by atoms with van der Waals surface area (Å²) in [7, 11) is 4.55. The molecule has 0 bridgehead atoms. The van der Waals surface area contributed by atoms with Crippen LogP contribution >= 0.6 is 0 Å². The first-order chi connectivity index (χ1) is 14.7. The van der Waals surface area contributed by atoms with Crippen LogP contribution in [0.5, 0.6) is 5.88 Å². The smallest absolute Gasteiger partial charge is 0.352 e. The monoisotopic (exact) mass is 428 g/mol. The van der Waals surface area contributed by atoms with Crippen molar-refractivity contribution in [3.63, 3.8) is 0 Å². The molecule has 0 spiro atoms. The Bertz CT molecular complexity index is 1250. The molecule has 0 unspecified atom stereocenters. The van der Waals surface area contributed by atoms with Crippen molar-refractivity contribution >= 4 is 17.4 Å². The van der Waals surface area contributed by atoms with Crippen molar-refractivity contribution < 1.29 is 13.9 Å². The van der Waals surface area contributed by atoms with E-state index in [1.54, 1.807) is 32.3 Å².